The van der Waals surface area contributed by atoms with Crippen molar-refractivity contribution in [2.45, 2.75) is 18.0 Å². The van der Waals surface area contributed by atoms with Crippen LogP contribution in [0.15, 0.2) is 58.6 Å². The fourth-order valence-electron chi connectivity index (χ4n) is 3.82. The maximum absolute atomic E-state index is 13.7. The molecule has 2 aromatic carbocycles. The maximum atomic E-state index is 13.7. The lowest BCUT2D eigenvalue weighted by Gasteiger charge is -2.29. The number of nitrogens with one attached hydrogen (secondary N) is 1. The van der Waals surface area contributed by atoms with Crippen molar-refractivity contribution in [3.05, 3.63) is 75.4 Å². The first-order valence-corrected chi connectivity index (χ1v) is 11.3. The molecule has 5 rings (SSSR count). The normalized spacial score (nSPS) is 13.4. The number of para-hydroxylation sites is 1. The Hall–Kier alpha value is -3.17. The van der Waals surface area contributed by atoms with Gasteiger partial charge in [-0.05, 0) is 42.7 Å². The Kier molecular flexibility index (Phi) is 5.44. The molecule has 1 N–H and O–H groups in total. The first kappa shape index (κ1) is 20.7. The number of carbonyl (C=O) groups is 1. The van der Waals surface area contributed by atoms with Crippen molar-refractivity contribution >= 4 is 46.0 Å². The van der Waals surface area contributed by atoms with Crippen LogP contribution in [0.2, 0.25) is 5.02 Å². The molecule has 7 nitrogen and oxygen atoms in total. The molecule has 0 saturated heterocycles. The summed E-state index contributed by atoms with van der Waals surface area (Å²) in [5, 5.41) is 7.04. The van der Waals surface area contributed by atoms with Gasteiger partial charge in [-0.15, -0.1) is 0 Å². The molecule has 3 heterocycles. The Labute approximate surface area is 191 Å². The molecule has 0 radical (unpaired) electrons. The number of fused-ring (bicyclic) bond motifs is 2. The molecule has 0 aliphatic carbocycles. The van der Waals surface area contributed by atoms with Gasteiger partial charge in [-0.25, -0.2) is 9.37 Å². The lowest BCUT2D eigenvalue weighted by molar-refractivity contribution is -0.116. The number of carbonyl (C=O) groups excluding carboxylic acids is 1. The molecule has 0 atom stereocenters. The number of aromatic amines is 1. The number of anilines is 1. The van der Waals surface area contributed by atoms with Crippen LogP contribution in [-0.2, 0) is 11.2 Å². The topological polar surface area (TPSA) is 83.9 Å². The number of benzene rings is 2. The number of thioether (sulfide) groups is 1. The van der Waals surface area contributed by atoms with Gasteiger partial charge in [-0.3, -0.25) is 19.3 Å². The first-order valence-electron chi connectivity index (χ1n) is 9.95. The second-order valence-corrected chi connectivity index (χ2v) is 8.68. The SMILES string of the molecule is O=C(CSc1nc2[nH]ncc2c(=O)n1-c1ccc(F)c(Cl)c1)N1CCCc2ccccc21. The molecular formula is C22H17ClFN5O2S. The molecule has 0 spiro atoms. The number of H-pyrrole nitrogens is 1. The Morgan fingerprint density at radius 1 is 1.25 bits per heavy atom. The summed E-state index contributed by atoms with van der Waals surface area (Å²) >= 11 is 7.08. The first-order chi connectivity index (χ1) is 15.5. The summed E-state index contributed by atoms with van der Waals surface area (Å²) < 4.78 is 15.0. The number of aryl methyl sites for hydroxylation is 1. The van der Waals surface area contributed by atoms with E-state index >= 15 is 0 Å². The van der Waals surface area contributed by atoms with Gasteiger partial charge < -0.3 is 4.90 Å². The van der Waals surface area contributed by atoms with Gasteiger partial charge in [0.1, 0.15) is 11.2 Å². The van der Waals surface area contributed by atoms with E-state index in [4.69, 9.17) is 11.6 Å². The third-order valence-electron chi connectivity index (χ3n) is 5.35. The number of hydrogen-bond acceptors (Lipinski definition) is 5. The van der Waals surface area contributed by atoms with Crippen LogP contribution in [0.1, 0.15) is 12.0 Å². The van der Waals surface area contributed by atoms with Crippen molar-refractivity contribution in [1.82, 2.24) is 19.7 Å². The van der Waals surface area contributed by atoms with E-state index in [1.165, 1.54) is 29.0 Å². The van der Waals surface area contributed by atoms with Crippen LogP contribution in [0.25, 0.3) is 16.7 Å². The number of rotatable bonds is 4. The van der Waals surface area contributed by atoms with E-state index in [0.717, 1.165) is 35.9 Å². The third-order valence-corrected chi connectivity index (χ3v) is 6.56. The van der Waals surface area contributed by atoms with E-state index < -0.39 is 5.82 Å². The number of amides is 1. The summed E-state index contributed by atoms with van der Waals surface area (Å²) in [5.74, 6) is -0.589. The van der Waals surface area contributed by atoms with E-state index in [1.807, 2.05) is 24.3 Å². The van der Waals surface area contributed by atoms with E-state index in [1.54, 1.807) is 4.90 Å². The number of hydrogen-bond donors (Lipinski definition) is 1. The van der Waals surface area contributed by atoms with Crippen LogP contribution in [-0.4, -0.2) is 38.0 Å². The Balaban J connectivity index is 1.50. The predicted molar refractivity (Wildman–Crippen MR) is 122 cm³/mol. The monoisotopic (exact) mass is 469 g/mol. The Morgan fingerprint density at radius 3 is 2.94 bits per heavy atom. The summed E-state index contributed by atoms with van der Waals surface area (Å²) in [5.41, 5.74) is 2.36. The summed E-state index contributed by atoms with van der Waals surface area (Å²) in [7, 11) is 0. The molecule has 2 aromatic heterocycles. The highest BCUT2D eigenvalue weighted by Gasteiger charge is 2.23. The quantitative estimate of drug-likeness (QED) is 0.361. The molecule has 1 amide bonds. The highest BCUT2D eigenvalue weighted by Crippen LogP contribution is 2.29. The van der Waals surface area contributed by atoms with Gasteiger partial charge in [-0.2, -0.15) is 5.10 Å². The summed E-state index contributed by atoms with van der Waals surface area (Å²) in [6, 6.07) is 11.9. The molecule has 0 unspecified atom stereocenters. The van der Waals surface area contributed by atoms with Crippen LogP contribution in [0.4, 0.5) is 10.1 Å². The smallest absolute Gasteiger partial charge is 0.269 e. The third kappa shape index (κ3) is 3.67. The number of halogens is 2. The van der Waals surface area contributed by atoms with E-state index in [2.05, 4.69) is 15.2 Å². The van der Waals surface area contributed by atoms with Gasteiger partial charge >= 0.3 is 0 Å². The molecular weight excluding hydrogens is 453 g/mol. The lowest BCUT2D eigenvalue weighted by atomic mass is 10.0. The highest BCUT2D eigenvalue weighted by atomic mass is 35.5. The average Bonchev–Trinajstić information content (AvgIpc) is 3.28. The minimum absolute atomic E-state index is 0.0787. The molecule has 10 heteroatoms. The summed E-state index contributed by atoms with van der Waals surface area (Å²) in [4.78, 5) is 32.5. The van der Waals surface area contributed by atoms with Gasteiger partial charge in [0.2, 0.25) is 5.91 Å². The minimum Gasteiger partial charge on any atom is -0.311 e. The van der Waals surface area contributed by atoms with Gasteiger partial charge in [0.25, 0.3) is 5.56 Å². The zero-order valence-electron chi connectivity index (χ0n) is 16.7. The Bertz CT molecular complexity index is 1400. The van der Waals surface area contributed by atoms with Gasteiger partial charge in [0, 0.05) is 12.2 Å². The predicted octanol–water partition coefficient (Wildman–Crippen LogP) is 3.97. The van der Waals surface area contributed by atoms with Gasteiger partial charge in [-0.1, -0.05) is 41.6 Å². The van der Waals surface area contributed by atoms with Crippen LogP contribution in [0.3, 0.4) is 0 Å². The molecule has 162 valence electrons. The van der Waals surface area contributed by atoms with Crippen molar-refractivity contribution in [1.29, 1.82) is 0 Å². The van der Waals surface area contributed by atoms with Crippen molar-refractivity contribution in [2.75, 3.05) is 17.2 Å². The van der Waals surface area contributed by atoms with Crippen molar-refractivity contribution in [2.24, 2.45) is 0 Å². The number of aromatic nitrogens is 4. The van der Waals surface area contributed by atoms with Gasteiger partial charge in [0.05, 0.1) is 22.7 Å². The largest absolute Gasteiger partial charge is 0.311 e. The second-order valence-electron chi connectivity index (χ2n) is 7.33. The van der Waals surface area contributed by atoms with E-state index in [9.17, 15) is 14.0 Å². The molecule has 32 heavy (non-hydrogen) atoms. The van der Waals surface area contributed by atoms with Gasteiger partial charge in [0.15, 0.2) is 10.8 Å². The standard InChI is InChI=1S/C22H17ClFN5O2S/c23-16-10-14(7-8-17(16)24)29-21(31)15-11-25-27-20(15)26-22(29)32-12-19(30)28-9-3-5-13-4-1-2-6-18(13)28/h1-2,4,6-8,10-11H,3,5,9,12H2,(H,25,27). The molecule has 1 aliphatic rings. The zero-order valence-corrected chi connectivity index (χ0v) is 18.3. The summed E-state index contributed by atoms with van der Waals surface area (Å²) in [6.07, 6.45) is 3.22. The fourth-order valence-corrected chi connectivity index (χ4v) is 4.88. The maximum Gasteiger partial charge on any atom is 0.269 e. The van der Waals surface area contributed by atoms with Crippen LogP contribution >= 0.6 is 23.4 Å². The molecule has 4 aromatic rings. The zero-order chi connectivity index (χ0) is 22.2. The van der Waals surface area contributed by atoms with Crippen LogP contribution in [0.5, 0.6) is 0 Å². The molecule has 0 saturated carbocycles. The lowest BCUT2D eigenvalue weighted by Crippen LogP contribution is -2.36. The van der Waals surface area contributed by atoms with Crippen LogP contribution < -0.4 is 10.5 Å². The highest BCUT2D eigenvalue weighted by molar-refractivity contribution is 7.99. The van der Waals surface area contributed by atoms with E-state index in [0.29, 0.717) is 17.9 Å². The average molecular weight is 470 g/mol. The van der Waals surface area contributed by atoms with Crippen LogP contribution in [0, 0.1) is 5.82 Å². The van der Waals surface area contributed by atoms with Crippen molar-refractivity contribution < 1.29 is 9.18 Å². The molecule has 1 aliphatic heterocycles. The van der Waals surface area contributed by atoms with E-state index in [-0.39, 0.29) is 32.8 Å². The fraction of sp³-hybridized carbons (Fsp3) is 0.182. The van der Waals surface area contributed by atoms with Crippen molar-refractivity contribution in [3.63, 3.8) is 0 Å². The summed E-state index contributed by atoms with van der Waals surface area (Å²) in [6.45, 7) is 0.643. The Morgan fingerprint density at radius 2 is 2.09 bits per heavy atom. The minimum atomic E-state index is -0.589. The molecule has 0 bridgehead atoms. The molecule has 0 fully saturated rings. The second kappa shape index (κ2) is 8.40. The van der Waals surface area contributed by atoms with Crippen molar-refractivity contribution in [3.8, 4) is 5.69 Å². The number of nitrogens with zero attached hydrogens (tertiary/aromatic N) is 4.